The van der Waals surface area contributed by atoms with Crippen molar-refractivity contribution in [1.29, 1.82) is 0 Å². The summed E-state index contributed by atoms with van der Waals surface area (Å²) in [6.45, 7) is 6.35. The monoisotopic (exact) mass is 272 g/mol. The van der Waals surface area contributed by atoms with Gasteiger partial charge in [-0.3, -0.25) is 4.90 Å². The van der Waals surface area contributed by atoms with E-state index in [0.717, 1.165) is 17.8 Å². The number of hydrogen-bond acceptors (Lipinski definition) is 3. The smallest absolute Gasteiger partial charge is 0.137 e. The first kappa shape index (κ1) is 13.6. The topological polar surface area (TPSA) is 46.6 Å². The molecule has 1 unspecified atom stereocenters. The highest BCUT2D eigenvalue weighted by Crippen LogP contribution is 2.23. The van der Waals surface area contributed by atoms with Crippen LogP contribution in [0, 0.1) is 0 Å². The molecule has 108 valence electrons. The first-order chi connectivity index (χ1) is 9.69. The summed E-state index contributed by atoms with van der Waals surface area (Å²) in [5.41, 5.74) is 9.11. The predicted octanol–water partition coefficient (Wildman–Crippen LogP) is 2.21. The second-order valence-electron chi connectivity index (χ2n) is 6.01. The number of rotatable bonds is 4. The summed E-state index contributed by atoms with van der Waals surface area (Å²) in [5, 5.41) is 0. The lowest BCUT2D eigenvalue weighted by Gasteiger charge is -2.27. The number of fused-ring (bicyclic) bond motifs is 1. The number of imidazole rings is 1. The molecule has 1 saturated heterocycles. The van der Waals surface area contributed by atoms with Gasteiger partial charge in [0.15, 0.2) is 0 Å². The average molecular weight is 272 g/mol. The molecule has 2 aromatic heterocycles. The zero-order valence-corrected chi connectivity index (χ0v) is 12.4. The van der Waals surface area contributed by atoms with Gasteiger partial charge >= 0.3 is 0 Å². The van der Waals surface area contributed by atoms with Crippen molar-refractivity contribution in [3.63, 3.8) is 0 Å². The molecule has 0 spiro atoms. The van der Waals surface area contributed by atoms with Crippen LogP contribution in [0.25, 0.3) is 5.65 Å². The number of likely N-dealkylation sites (tertiary alicyclic amines) is 1. The van der Waals surface area contributed by atoms with Gasteiger partial charge in [0.2, 0.25) is 0 Å². The van der Waals surface area contributed by atoms with Crippen LogP contribution in [0.5, 0.6) is 0 Å². The Morgan fingerprint density at radius 3 is 3.00 bits per heavy atom. The standard InChI is InChI=1S/C16H24N4/c1-12(2)19-8-4-6-14(19)9-13-11-20-15(10-17)5-3-7-16(20)18-13/h3,5,7,11-12,14H,4,6,8-10,17H2,1-2H3. The third-order valence-corrected chi connectivity index (χ3v) is 4.37. The highest BCUT2D eigenvalue weighted by Gasteiger charge is 2.27. The van der Waals surface area contributed by atoms with Gasteiger partial charge in [-0.25, -0.2) is 4.98 Å². The van der Waals surface area contributed by atoms with Gasteiger partial charge in [0.1, 0.15) is 5.65 Å². The zero-order valence-electron chi connectivity index (χ0n) is 12.4. The minimum atomic E-state index is 0.550. The number of nitrogens with zero attached hydrogens (tertiary/aromatic N) is 3. The van der Waals surface area contributed by atoms with Gasteiger partial charge in [-0.1, -0.05) is 6.07 Å². The van der Waals surface area contributed by atoms with Crippen molar-refractivity contribution in [3.8, 4) is 0 Å². The van der Waals surface area contributed by atoms with Crippen LogP contribution in [0.2, 0.25) is 0 Å². The fourth-order valence-electron chi connectivity index (χ4n) is 3.38. The lowest BCUT2D eigenvalue weighted by molar-refractivity contribution is 0.202. The molecule has 0 bridgehead atoms. The summed E-state index contributed by atoms with van der Waals surface area (Å²) in [6.07, 6.45) is 5.80. The highest BCUT2D eigenvalue weighted by atomic mass is 15.2. The molecule has 1 aliphatic heterocycles. The Morgan fingerprint density at radius 1 is 1.40 bits per heavy atom. The Kier molecular flexibility index (Phi) is 3.76. The van der Waals surface area contributed by atoms with Gasteiger partial charge in [0.25, 0.3) is 0 Å². The van der Waals surface area contributed by atoms with Gasteiger partial charge in [-0.2, -0.15) is 0 Å². The van der Waals surface area contributed by atoms with Crippen LogP contribution in [0.3, 0.4) is 0 Å². The van der Waals surface area contributed by atoms with Crippen molar-refractivity contribution in [2.24, 2.45) is 5.73 Å². The van der Waals surface area contributed by atoms with Gasteiger partial charge in [-0.05, 0) is 45.4 Å². The molecule has 1 fully saturated rings. The van der Waals surface area contributed by atoms with Crippen LogP contribution in [-0.4, -0.2) is 32.9 Å². The van der Waals surface area contributed by atoms with E-state index in [1.165, 1.54) is 25.1 Å². The van der Waals surface area contributed by atoms with Crippen LogP contribution in [0.15, 0.2) is 24.4 Å². The maximum absolute atomic E-state index is 5.79. The second-order valence-corrected chi connectivity index (χ2v) is 6.01. The molecule has 20 heavy (non-hydrogen) atoms. The van der Waals surface area contributed by atoms with Gasteiger partial charge in [0, 0.05) is 36.9 Å². The molecule has 4 heteroatoms. The third kappa shape index (κ3) is 2.45. The van der Waals surface area contributed by atoms with E-state index in [9.17, 15) is 0 Å². The maximum Gasteiger partial charge on any atom is 0.137 e. The quantitative estimate of drug-likeness (QED) is 0.928. The minimum absolute atomic E-state index is 0.550. The Morgan fingerprint density at radius 2 is 2.25 bits per heavy atom. The molecule has 0 aliphatic carbocycles. The number of pyridine rings is 1. The van der Waals surface area contributed by atoms with Crippen molar-refractivity contribution in [3.05, 3.63) is 35.8 Å². The summed E-state index contributed by atoms with van der Waals surface area (Å²) < 4.78 is 2.13. The van der Waals surface area contributed by atoms with Gasteiger partial charge in [0.05, 0.1) is 5.69 Å². The highest BCUT2D eigenvalue weighted by molar-refractivity contribution is 5.42. The third-order valence-electron chi connectivity index (χ3n) is 4.37. The molecular weight excluding hydrogens is 248 g/mol. The largest absolute Gasteiger partial charge is 0.325 e. The summed E-state index contributed by atoms with van der Waals surface area (Å²) in [7, 11) is 0. The van der Waals surface area contributed by atoms with Crippen LogP contribution in [0.1, 0.15) is 38.1 Å². The molecule has 2 aromatic rings. The van der Waals surface area contributed by atoms with E-state index >= 15 is 0 Å². The maximum atomic E-state index is 5.79. The van der Waals surface area contributed by atoms with E-state index in [2.05, 4.69) is 41.5 Å². The van der Waals surface area contributed by atoms with E-state index < -0.39 is 0 Å². The van der Waals surface area contributed by atoms with Gasteiger partial charge in [-0.15, -0.1) is 0 Å². The SMILES string of the molecule is CC(C)N1CCCC1Cc1cn2c(CN)cccc2n1. The molecule has 3 heterocycles. The van der Waals surface area contributed by atoms with E-state index in [0.29, 0.717) is 18.6 Å². The fourth-order valence-corrected chi connectivity index (χ4v) is 3.38. The first-order valence-electron chi connectivity index (χ1n) is 7.60. The molecule has 4 nitrogen and oxygen atoms in total. The van der Waals surface area contributed by atoms with Crippen molar-refractivity contribution in [2.45, 2.75) is 51.7 Å². The van der Waals surface area contributed by atoms with E-state index in [-0.39, 0.29) is 0 Å². The molecule has 2 N–H and O–H groups in total. The molecule has 0 amide bonds. The fraction of sp³-hybridized carbons (Fsp3) is 0.562. The number of nitrogens with two attached hydrogens (primary N) is 1. The van der Waals surface area contributed by atoms with Crippen molar-refractivity contribution < 1.29 is 0 Å². The molecule has 1 atom stereocenters. The number of aromatic nitrogens is 2. The summed E-state index contributed by atoms with van der Waals surface area (Å²) in [6, 6.07) is 7.41. The van der Waals surface area contributed by atoms with Crippen LogP contribution >= 0.6 is 0 Å². The Balaban J connectivity index is 1.84. The predicted molar refractivity (Wildman–Crippen MR) is 81.7 cm³/mol. The summed E-state index contributed by atoms with van der Waals surface area (Å²) in [4.78, 5) is 7.36. The van der Waals surface area contributed by atoms with Crippen LogP contribution in [0.4, 0.5) is 0 Å². The van der Waals surface area contributed by atoms with E-state index in [4.69, 9.17) is 10.7 Å². The molecule has 1 aliphatic rings. The second kappa shape index (κ2) is 5.54. The van der Waals surface area contributed by atoms with E-state index in [1.54, 1.807) is 0 Å². The lowest BCUT2D eigenvalue weighted by atomic mass is 10.1. The summed E-state index contributed by atoms with van der Waals surface area (Å²) in [5.74, 6) is 0. The van der Waals surface area contributed by atoms with Gasteiger partial charge < -0.3 is 10.1 Å². The van der Waals surface area contributed by atoms with Crippen molar-refractivity contribution in [1.82, 2.24) is 14.3 Å². The molecule has 0 aromatic carbocycles. The minimum Gasteiger partial charge on any atom is -0.325 e. The zero-order chi connectivity index (χ0) is 14.1. The van der Waals surface area contributed by atoms with Crippen LogP contribution in [-0.2, 0) is 13.0 Å². The van der Waals surface area contributed by atoms with E-state index in [1.807, 2.05) is 6.07 Å². The van der Waals surface area contributed by atoms with Crippen LogP contribution < -0.4 is 5.73 Å². The molecule has 0 saturated carbocycles. The Bertz CT molecular complexity index is 587. The van der Waals surface area contributed by atoms with Crippen molar-refractivity contribution in [2.75, 3.05) is 6.54 Å². The molecule has 3 rings (SSSR count). The molecule has 0 radical (unpaired) electrons. The Hall–Kier alpha value is -1.39. The molecular formula is C16H24N4. The number of hydrogen-bond donors (Lipinski definition) is 1. The normalized spacial score (nSPS) is 20.3. The van der Waals surface area contributed by atoms with Crippen molar-refractivity contribution >= 4 is 5.65 Å². The Labute approximate surface area is 120 Å². The lowest BCUT2D eigenvalue weighted by Crippen LogP contribution is -2.36. The average Bonchev–Trinajstić information content (AvgIpc) is 3.04. The first-order valence-corrected chi connectivity index (χ1v) is 7.60. The summed E-state index contributed by atoms with van der Waals surface area (Å²) >= 11 is 0.